The number of carbonyl (C=O) groups excluding carboxylic acids is 3. The Morgan fingerprint density at radius 3 is 1.62 bits per heavy atom. The highest BCUT2D eigenvalue weighted by Crippen LogP contribution is 2.13. The molecule has 0 rings (SSSR count). The van der Waals surface area contributed by atoms with E-state index in [-0.39, 0.29) is 31.6 Å². The molecule has 8 nitrogen and oxygen atoms in total. The van der Waals surface area contributed by atoms with E-state index in [9.17, 15) is 19.2 Å². The average Bonchev–Trinajstić information content (AvgIpc) is 2.59. The summed E-state index contributed by atoms with van der Waals surface area (Å²) in [5, 5.41) is 24.5. The molecule has 0 bridgehead atoms. The molecule has 26 heavy (non-hydrogen) atoms. The summed E-state index contributed by atoms with van der Waals surface area (Å²) in [6.07, 6.45) is 1.11. The van der Waals surface area contributed by atoms with Crippen LogP contribution in [0.1, 0.15) is 59.3 Å². The number of hydrogen-bond acceptors (Lipinski definition) is 7. The zero-order valence-corrected chi connectivity index (χ0v) is 15.6. The molecule has 3 N–H and O–H groups in total. The fraction of sp³-hybridized carbons (Fsp3) is 0.667. The van der Waals surface area contributed by atoms with Crippen molar-refractivity contribution in [2.75, 3.05) is 6.61 Å². The van der Waals surface area contributed by atoms with Gasteiger partial charge in [-0.2, -0.15) is 0 Å². The van der Waals surface area contributed by atoms with Gasteiger partial charge in [-0.25, -0.2) is 0 Å². The van der Waals surface area contributed by atoms with Crippen LogP contribution in [0.5, 0.6) is 0 Å². The monoisotopic (exact) mass is 368 g/mol. The van der Waals surface area contributed by atoms with Gasteiger partial charge in [0.05, 0.1) is 18.0 Å². The normalized spacial score (nSPS) is 12.7. The van der Waals surface area contributed by atoms with Gasteiger partial charge in [-0.05, 0) is 32.6 Å². The highest BCUT2D eigenvalue weighted by molar-refractivity contribution is 6.43. The minimum Gasteiger partial charge on any atom is -0.481 e. The summed E-state index contributed by atoms with van der Waals surface area (Å²) in [6, 6.07) is 0. The fourth-order valence-electron chi connectivity index (χ4n) is 2.46. The summed E-state index contributed by atoms with van der Waals surface area (Å²) < 4.78 is 4.85. The van der Waals surface area contributed by atoms with E-state index in [2.05, 4.69) is 0 Å². The zero-order chi connectivity index (χ0) is 20.3. The Balaban J connectivity index is 4.43. The summed E-state index contributed by atoms with van der Waals surface area (Å²) in [5.74, 6) is -4.77. The van der Waals surface area contributed by atoms with Gasteiger partial charge in [0.2, 0.25) is 0 Å². The quantitative estimate of drug-likeness (QED) is 0.244. The first-order valence-electron chi connectivity index (χ1n) is 8.83. The van der Waals surface area contributed by atoms with Crippen molar-refractivity contribution in [3.63, 3.8) is 0 Å². The van der Waals surface area contributed by atoms with Gasteiger partial charge in [-0.15, -0.1) is 0 Å². The number of ether oxygens (including phenoxy) is 1. The van der Waals surface area contributed by atoms with Crippen molar-refractivity contribution in [1.29, 1.82) is 10.8 Å². The number of unbranched alkanes of at least 4 members (excludes halogenated alkanes) is 1. The first-order chi connectivity index (χ1) is 12.2. The smallest absolute Gasteiger partial charge is 0.315 e. The van der Waals surface area contributed by atoms with Crippen LogP contribution in [0.25, 0.3) is 0 Å². The maximum absolute atomic E-state index is 12.0. The van der Waals surface area contributed by atoms with Crippen molar-refractivity contribution >= 4 is 34.9 Å². The van der Waals surface area contributed by atoms with Gasteiger partial charge >= 0.3 is 11.9 Å². The van der Waals surface area contributed by atoms with E-state index in [1.165, 1.54) is 0 Å². The average molecular weight is 368 g/mol. The number of carboxylic acid groups (broad SMARTS) is 1. The van der Waals surface area contributed by atoms with Crippen LogP contribution >= 0.6 is 0 Å². The molecular formula is C18H28N2O6. The highest BCUT2D eigenvalue weighted by Gasteiger charge is 2.28. The molecule has 2 atom stereocenters. The van der Waals surface area contributed by atoms with Gasteiger partial charge in [0.15, 0.2) is 11.6 Å². The molecule has 0 aromatic heterocycles. The van der Waals surface area contributed by atoms with Crippen molar-refractivity contribution in [2.45, 2.75) is 59.3 Å². The molecule has 0 aliphatic carbocycles. The van der Waals surface area contributed by atoms with E-state index in [1.54, 1.807) is 20.8 Å². The Hall–Kier alpha value is -2.38. The van der Waals surface area contributed by atoms with E-state index in [4.69, 9.17) is 20.7 Å². The fourth-order valence-corrected chi connectivity index (χ4v) is 2.46. The van der Waals surface area contributed by atoms with Crippen LogP contribution < -0.4 is 0 Å². The summed E-state index contributed by atoms with van der Waals surface area (Å²) in [6.45, 7) is 5.12. The number of aliphatic carboxylic acids is 1. The van der Waals surface area contributed by atoms with Crippen molar-refractivity contribution in [2.24, 2.45) is 11.8 Å². The molecule has 0 aromatic rings. The van der Waals surface area contributed by atoms with E-state index < -0.39 is 41.1 Å². The molecule has 0 spiro atoms. The first-order valence-corrected chi connectivity index (χ1v) is 8.83. The van der Waals surface area contributed by atoms with E-state index in [1.807, 2.05) is 0 Å². The lowest BCUT2D eigenvalue weighted by Gasteiger charge is -2.14. The molecular weight excluding hydrogens is 340 g/mol. The number of nitrogens with one attached hydrogen (secondary N) is 2. The maximum atomic E-state index is 12.0. The van der Waals surface area contributed by atoms with Crippen LogP contribution in [-0.2, 0) is 23.9 Å². The summed E-state index contributed by atoms with van der Waals surface area (Å²) in [4.78, 5) is 46.6. The third-order valence-corrected chi connectivity index (χ3v) is 4.04. The molecule has 0 aliphatic heterocycles. The summed E-state index contributed by atoms with van der Waals surface area (Å²) >= 11 is 0. The topological polar surface area (TPSA) is 145 Å². The third-order valence-electron chi connectivity index (χ3n) is 4.04. The van der Waals surface area contributed by atoms with Gasteiger partial charge in [0, 0.05) is 12.8 Å². The molecule has 0 unspecified atom stereocenters. The number of carboxylic acids is 1. The standard InChI is InChI=1S/C18H28N2O6/c1-4-11(17(23)24)15(19)13(21)9-7-8-10-14(22)16(20)12(5-2)18(25)26-6-3/h11-12,19-20H,4-10H2,1-3H3,(H,23,24)/t11-,12-/m1/s1. The van der Waals surface area contributed by atoms with Gasteiger partial charge in [0.25, 0.3) is 0 Å². The van der Waals surface area contributed by atoms with Gasteiger partial charge in [-0.1, -0.05) is 13.8 Å². The van der Waals surface area contributed by atoms with Crippen molar-refractivity contribution in [3.8, 4) is 0 Å². The molecule has 146 valence electrons. The van der Waals surface area contributed by atoms with Crippen LogP contribution in [-0.4, -0.2) is 46.6 Å². The van der Waals surface area contributed by atoms with Gasteiger partial charge in [0.1, 0.15) is 11.8 Å². The second-order valence-corrected chi connectivity index (χ2v) is 5.89. The van der Waals surface area contributed by atoms with Crippen LogP contribution in [0, 0.1) is 22.7 Å². The Morgan fingerprint density at radius 2 is 1.27 bits per heavy atom. The molecule has 0 heterocycles. The Kier molecular flexibility index (Phi) is 10.9. The number of ketones is 2. The predicted molar refractivity (Wildman–Crippen MR) is 95.8 cm³/mol. The van der Waals surface area contributed by atoms with E-state index >= 15 is 0 Å². The largest absolute Gasteiger partial charge is 0.481 e. The second-order valence-electron chi connectivity index (χ2n) is 5.89. The van der Waals surface area contributed by atoms with Crippen LogP contribution in [0.4, 0.5) is 0 Å². The van der Waals surface area contributed by atoms with Crippen molar-refractivity contribution in [1.82, 2.24) is 0 Å². The van der Waals surface area contributed by atoms with Crippen LogP contribution in [0.3, 0.4) is 0 Å². The van der Waals surface area contributed by atoms with Crippen molar-refractivity contribution < 1.29 is 29.0 Å². The van der Waals surface area contributed by atoms with E-state index in [0.717, 1.165) is 0 Å². The Morgan fingerprint density at radius 1 is 0.846 bits per heavy atom. The van der Waals surface area contributed by atoms with Gasteiger partial charge in [-0.3, -0.25) is 19.2 Å². The number of Topliss-reactive ketones (excluding diaryl/α,β-unsaturated/α-hetero) is 2. The molecule has 0 aromatic carbocycles. The lowest BCUT2D eigenvalue weighted by molar-refractivity contribution is -0.146. The lowest BCUT2D eigenvalue weighted by Crippen LogP contribution is -2.31. The van der Waals surface area contributed by atoms with Gasteiger partial charge < -0.3 is 20.7 Å². The summed E-state index contributed by atoms with van der Waals surface area (Å²) in [7, 11) is 0. The summed E-state index contributed by atoms with van der Waals surface area (Å²) in [5.41, 5.74) is -0.714. The van der Waals surface area contributed by atoms with Crippen molar-refractivity contribution in [3.05, 3.63) is 0 Å². The minimum absolute atomic E-state index is 0.0156. The third kappa shape index (κ3) is 7.25. The molecule has 0 aliphatic rings. The molecule has 0 amide bonds. The SMILES string of the molecule is CCOC(=O)[C@H](CC)C(=N)C(=O)CCCCC(=O)C(=N)[C@@H](CC)C(=O)O. The zero-order valence-electron chi connectivity index (χ0n) is 15.6. The Labute approximate surface area is 153 Å². The molecule has 0 radical (unpaired) electrons. The number of carbonyl (C=O) groups is 4. The Bertz CT molecular complexity index is 570. The molecule has 0 fully saturated rings. The van der Waals surface area contributed by atoms with Crippen LogP contribution in [0.2, 0.25) is 0 Å². The number of rotatable bonds is 14. The molecule has 0 saturated heterocycles. The lowest BCUT2D eigenvalue weighted by atomic mass is 9.93. The number of hydrogen-bond donors (Lipinski definition) is 3. The minimum atomic E-state index is -1.20. The van der Waals surface area contributed by atoms with E-state index in [0.29, 0.717) is 19.3 Å². The number of esters is 1. The maximum Gasteiger partial charge on any atom is 0.315 e. The highest BCUT2D eigenvalue weighted by atomic mass is 16.5. The molecule has 0 saturated carbocycles. The predicted octanol–water partition coefficient (Wildman–Crippen LogP) is 2.42. The first kappa shape index (κ1) is 23.6. The van der Waals surface area contributed by atoms with Crippen LogP contribution in [0.15, 0.2) is 0 Å². The molecule has 8 heteroatoms. The second kappa shape index (κ2) is 12.1.